The molecule has 3 aromatic rings. The van der Waals surface area contributed by atoms with Crippen molar-refractivity contribution in [1.82, 2.24) is 14.4 Å². The van der Waals surface area contributed by atoms with E-state index in [0.717, 1.165) is 11.6 Å². The Morgan fingerprint density at radius 3 is 2.15 bits per heavy atom. The molecule has 0 radical (unpaired) electrons. The normalized spacial score (nSPS) is 14.5. The van der Waals surface area contributed by atoms with E-state index in [1.54, 1.807) is 11.8 Å². The van der Waals surface area contributed by atoms with E-state index in [9.17, 15) is 27.6 Å². The maximum Gasteiger partial charge on any atom is 0.416 e. The third-order valence-corrected chi connectivity index (χ3v) is 7.42. The van der Waals surface area contributed by atoms with Crippen molar-refractivity contribution in [3.63, 3.8) is 0 Å². The highest BCUT2D eigenvalue weighted by Gasteiger charge is 2.34. The molecule has 0 unspecified atom stereocenters. The van der Waals surface area contributed by atoms with Crippen LogP contribution in [0.25, 0.3) is 0 Å². The first-order valence-electron chi connectivity index (χ1n) is 13.2. The number of halogens is 3. The van der Waals surface area contributed by atoms with E-state index in [1.807, 2.05) is 29.2 Å². The van der Waals surface area contributed by atoms with Gasteiger partial charge in [-0.3, -0.25) is 19.3 Å². The zero-order valence-electron chi connectivity index (χ0n) is 22.8. The first-order chi connectivity index (χ1) is 18.9. The van der Waals surface area contributed by atoms with Crippen LogP contribution < -0.4 is 5.73 Å². The smallest absolute Gasteiger partial charge is 0.366 e. The van der Waals surface area contributed by atoms with Crippen LogP contribution in [0.5, 0.6) is 0 Å². The first kappa shape index (κ1) is 29.1. The second kappa shape index (κ2) is 11.7. The van der Waals surface area contributed by atoms with Crippen LogP contribution in [0.15, 0.2) is 54.6 Å². The van der Waals surface area contributed by atoms with Gasteiger partial charge in [0.1, 0.15) is 0 Å². The molecule has 2 heterocycles. The molecular formula is C30H33F3N4O3. The van der Waals surface area contributed by atoms with Gasteiger partial charge in [-0.2, -0.15) is 13.2 Å². The van der Waals surface area contributed by atoms with E-state index >= 15 is 0 Å². The monoisotopic (exact) mass is 554 g/mol. The van der Waals surface area contributed by atoms with Gasteiger partial charge in [0.25, 0.3) is 11.8 Å². The molecule has 0 saturated carbocycles. The molecule has 0 bridgehead atoms. The Morgan fingerprint density at radius 2 is 1.57 bits per heavy atom. The van der Waals surface area contributed by atoms with Crippen molar-refractivity contribution < 1.29 is 27.6 Å². The lowest BCUT2D eigenvalue weighted by Crippen LogP contribution is -2.50. The van der Waals surface area contributed by atoms with Gasteiger partial charge in [-0.05, 0) is 48.2 Å². The Balaban J connectivity index is 1.47. The number of primary amides is 1. The molecule has 0 aliphatic carbocycles. The third kappa shape index (κ3) is 6.28. The van der Waals surface area contributed by atoms with E-state index in [-0.39, 0.29) is 41.6 Å². The average molecular weight is 555 g/mol. The molecule has 212 valence electrons. The summed E-state index contributed by atoms with van der Waals surface area (Å²) in [5.41, 5.74) is 6.97. The molecule has 1 aromatic heterocycles. The quantitative estimate of drug-likeness (QED) is 0.408. The summed E-state index contributed by atoms with van der Waals surface area (Å²) in [7, 11) is 0. The third-order valence-electron chi connectivity index (χ3n) is 7.42. The fraction of sp³-hybridized carbons (Fsp3) is 0.367. The zero-order valence-corrected chi connectivity index (χ0v) is 22.8. The topological polar surface area (TPSA) is 88.6 Å². The molecule has 1 fully saturated rings. The number of rotatable bonds is 8. The number of alkyl halides is 3. The standard InChI is InChI=1S/C30H33F3N4O3/c1-19(2)21-8-10-22(11-9-21)29(40)36-14-12-35(13-15-36)18-27(38)26-16-24(28(34)39)20(3)37(26)17-23-6-4-5-7-25(23)30(31,32)33/h4-11,16,19H,12-15,17-18H2,1-3H3,(H2,34,39). The Kier molecular flexibility index (Phi) is 8.48. The molecule has 40 heavy (non-hydrogen) atoms. The van der Waals surface area contributed by atoms with Crippen LogP contribution in [0.4, 0.5) is 13.2 Å². The average Bonchev–Trinajstić information content (AvgIpc) is 3.24. The van der Waals surface area contributed by atoms with Crippen molar-refractivity contribution in [2.24, 2.45) is 5.73 Å². The Labute approximate surface area is 231 Å². The highest BCUT2D eigenvalue weighted by molar-refractivity contribution is 6.01. The van der Waals surface area contributed by atoms with E-state index in [2.05, 4.69) is 13.8 Å². The minimum atomic E-state index is -4.57. The number of nitrogens with two attached hydrogens (primary N) is 1. The summed E-state index contributed by atoms with van der Waals surface area (Å²) in [6.45, 7) is 7.28. The van der Waals surface area contributed by atoms with Crippen LogP contribution in [0.1, 0.15) is 73.4 Å². The highest BCUT2D eigenvalue weighted by Crippen LogP contribution is 2.33. The lowest BCUT2D eigenvalue weighted by Gasteiger charge is -2.34. The van der Waals surface area contributed by atoms with Gasteiger partial charge in [-0.15, -0.1) is 0 Å². The first-order valence-corrected chi connectivity index (χ1v) is 13.2. The number of piperazine rings is 1. The molecule has 2 amide bonds. The van der Waals surface area contributed by atoms with Gasteiger partial charge in [0, 0.05) is 44.0 Å². The molecule has 10 heteroatoms. The SMILES string of the molecule is Cc1c(C(N)=O)cc(C(=O)CN2CCN(C(=O)c3ccc(C(C)C)cc3)CC2)n1Cc1ccccc1C(F)(F)F. The van der Waals surface area contributed by atoms with E-state index in [1.165, 1.54) is 28.8 Å². The van der Waals surface area contributed by atoms with Gasteiger partial charge >= 0.3 is 6.18 Å². The van der Waals surface area contributed by atoms with Gasteiger partial charge in [0.05, 0.1) is 23.4 Å². The molecule has 1 aliphatic rings. The van der Waals surface area contributed by atoms with Crippen LogP contribution in [-0.2, 0) is 12.7 Å². The predicted molar refractivity (Wildman–Crippen MR) is 145 cm³/mol. The van der Waals surface area contributed by atoms with Crippen LogP contribution >= 0.6 is 0 Å². The number of amides is 2. The summed E-state index contributed by atoms with van der Waals surface area (Å²) < 4.78 is 42.3. The summed E-state index contributed by atoms with van der Waals surface area (Å²) in [4.78, 5) is 42.0. The highest BCUT2D eigenvalue weighted by atomic mass is 19.4. The van der Waals surface area contributed by atoms with E-state index in [0.29, 0.717) is 43.4 Å². The van der Waals surface area contributed by atoms with E-state index in [4.69, 9.17) is 5.73 Å². The van der Waals surface area contributed by atoms with Crippen molar-refractivity contribution in [3.8, 4) is 0 Å². The van der Waals surface area contributed by atoms with Crippen LogP contribution in [0.3, 0.4) is 0 Å². The molecular weight excluding hydrogens is 521 g/mol. The number of ketones is 1. The minimum Gasteiger partial charge on any atom is -0.366 e. The Bertz CT molecular complexity index is 1400. The molecule has 0 atom stereocenters. The fourth-order valence-corrected chi connectivity index (χ4v) is 5.02. The second-order valence-corrected chi connectivity index (χ2v) is 10.4. The van der Waals surface area contributed by atoms with Crippen molar-refractivity contribution in [3.05, 3.63) is 93.8 Å². The largest absolute Gasteiger partial charge is 0.416 e. The van der Waals surface area contributed by atoms with Crippen LogP contribution in [0, 0.1) is 6.92 Å². The summed E-state index contributed by atoms with van der Waals surface area (Å²) in [6.07, 6.45) is -4.57. The van der Waals surface area contributed by atoms with Crippen molar-refractivity contribution >= 4 is 17.6 Å². The van der Waals surface area contributed by atoms with Gasteiger partial charge in [0.2, 0.25) is 0 Å². The number of hydrogen-bond donors (Lipinski definition) is 1. The van der Waals surface area contributed by atoms with Crippen molar-refractivity contribution in [2.75, 3.05) is 32.7 Å². The summed E-state index contributed by atoms with van der Waals surface area (Å²) in [6, 6.07) is 14.1. The molecule has 7 nitrogen and oxygen atoms in total. The number of aromatic nitrogens is 1. The number of nitrogens with zero attached hydrogens (tertiary/aromatic N) is 3. The molecule has 0 spiro atoms. The summed E-state index contributed by atoms with van der Waals surface area (Å²) >= 11 is 0. The lowest BCUT2D eigenvalue weighted by molar-refractivity contribution is -0.138. The number of Topliss-reactive ketones (excluding diaryl/α,β-unsaturated/α-hetero) is 1. The molecule has 2 aromatic carbocycles. The summed E-state index contributed by atoms with van der Waals surface area (Å²) in [5.74, 6) is -0.805. The lowest BCUT2D eigenvalue weighted by atomic mass is 10.0. The fourth-order valence-electron chi connectivity index (χ4n) is 5.02. The second-order valence-electron chi connectivity index (χ2n) is 10.4. The van der Waals surface area contributed by atoms with Crippen molar-refractivity contribution in [1.29, 1.82) is 0 Å². The summed E-state index contributed by atoms with van der Waals surface area (Å²) in [5, 5.41) is 0. The Morgan fingerprint density at radius 1 is 0.950 bits per heavy atom. The minimum absolute atomic E-state index is 0.00626. The van der Waals surface area contributed by atoms with Gasteiger partial charge in [-0.1, -0.05) is 44.2 Å². The van der Waals surface area contributed by atoms with Crippen LogP contribution in [-0.4, -0.2) is 64.7 Å². The van der Waals surface area contributed by atoms with Gasteiger partial charge < -0.3 is 15.2 Å². The molecule has 1 saturated heterocycles. The van der Waals surface area contributed by atoms with Gasteiger partial charge in [-0.25, -0.2) is 0 Å². The van der Waals surface area contributed by atoms with E-state index < -0.39 is 17.6 Å². The molecule has 2 N–H and O–H groups in total. The van der Waals surface area contributed by atoms with Crippen LogP contribution in [0.2, 0.25) is 0 Å². The predicted octanol–water partition coefficient (Wildman–Crippen LogP) is 4.73. The van der Waals surface area contributed by atoms with Gasteiger partial charge in [0.15, 0.2) is 5.78 Å². The molecule has 4 rings (SSSR count). The zero-order chi connectivity index (χ0) is 29.2. The number of hydrogen-bond acceptors (Lipinski definition) is 4. The number of carbonyl (C=O) groups excluding carboxylic acids is 3. The maximum atomic E-state index is 13.6. The number of carbonyl (C=O) groups is 3. The Hall–Kier alpha value is -3.92. The maximum absolute atomic E-state index is 13.6. The number of benzene rings is 2. The molecule has 1 aliphatic heterocycles. The van der Waals surface area contributed by atoms with Crippen molar-refractivity contribution in [2.45, 2.75) is 39.4 Å².